The van der Waals surface area contributed by atoms with Crippen LogP contribution in [0.2, 0.25) is 5.02 Å². The number of aromatic hydroxyl groups is 1. The first-order valence-corrected chi connectivity index (χ1v) is 11.6. The molecule has 1 N–H and O–H groups in total. The number of ether oxygens (including phenoxy) is 1. The minimum absolute atomic E-state index is 0.157. The van der Waals surface area contributed by atoms with Crippen molar-refractivity contribution in [3.63, 3.8) is 0 Å². The summed E-state index contributed by atoms with van der Waals surface area (Å²) < 4.78 is 6.46. The summed E-state index contributed by atoms with van der Waals surface area (Å²) in [5, 5.41) is 11.7. The molecule has 5 nitrogen and oxygen atoms in total. The van der Waals surface area contributed by atoms with Crippen LogP contribution in [0, 0.1) is 0 Å². The van der Waals surface area contributed by atoms with Crippen LogP contribution < -0.4 is 4.74 Å². The molecule has 34 heavy (non-hydrogen) atoms. The van der Waals surface area contributed by atoms with E-state index < -0.39 is 5.97 Å². The minimum atomic E-state index is -0.454. The Morgan fingerprint density at radius 1 is 0.971 bits per heavy atom. The van der Waals surface area contributed by atoms with E-state index in [0.717, 1.165) is 20.8 Å². The van der Waals surface area contributed by atoms with Crippen molar-refractivity contribution in [2.45, 2.75) is 0 Å². The number of halogens is 1. The molecule has 5 aromatic rings. The topological polar surface area (TPSA) is 71.8 Å². The SMILES string of the molecule is O=C(Oc1ccc(C=Nc2ccc(O)c(-c3nc4ccccc4s3)c2)cc1)c1ccc(Cl)cc1. The summed E-state index contributed by atoms with van der Waals surface area (Å²) in [7, 11) is 0. The van der Waals surface area contributed by atoms with Crippen LogP contribution in [0.3, 0.4) is 0 Å². The molecule has 0 amide bonds. The summed E-state index contributed by atoms with van der Waals surface area (Å²) in [5.41, 5.74) is 3.48. The van der Waals surface area contributed by atoms with Crippen molar-refractivity contribution in [1.82, 2.24) is 4.98 Å². The molecule has 0 saturated heterocycles. The van der Waals surface area contributed by atoms with E-state index in [-0.39, 0.29) is 5.75 Å². The number of nitrogens with zero attached hydrogens (tertiary/aromatic N) is 2. The second-order valence-electron chi connectivity index (χ2n) is 7.41. The van der Waals surface area contributed by atoms with E-state index >= 15 is 0 Å². The Balaban J connectivity index is 1.30. The van der Waals surface area contributed by atoms with Gasteiger partial charge in [-0.3, -0.25) is 4.99 Å². The van der Waals surface area contributed by atoms with Crippen LogP contribution in [0.4, 0.5) is 5.69 Å². The molecule has 0 spiro atoms. The number of benzene rings is 4. The van der Waals surface area contributed by atoms with Gasteiger partial charge in [0, 0.05) is 11.2 Å². The number of hydrogen-bond donors (Lipinski definition) is 1. The van der Waals surface area contributed by atoms with E-state index in [4.69, 9.17) is 16.3 Å². The summed E-state index contributed by atoms with van der Waals surface area (Å²) >= 11 is 7.37. The molecule has 7 heteroatoms. The van der Waals surface area contributed by atoms with Gasteiger partial charge in [-0.25, -0.2) is 9.78 Å². The Kier molecular flexibility index (Phi) is 6.08. The van der Waals surface area contributed by atoms with Gasteiger partial charge in [0.1, 0.15) is 16.5 Å². The monoisotopic (exact) mass is 484 g/mol. The first kappa shape index (κ1) is 21.8. The number of phenolic OH excluding ortho intramolecular Hbond substituents is 1. The van der Waals surface area contributed by atoms with Crippen molar-refractivity contribution in [3.05, 3.63) is 107 Å². The number of carbonyl (C=O) groups excluding carboxylic acids is 1. The molecule has 166 valence electrons. The van der Waals surface area contributed by atoms with Gasteiger partial charge in [-0.05, 0) is 84.4 Å². The van der Waals surface area contributed by atoms with Crippen LogP contribution in [0.25, 0.3) is 20.8 Å². The Bertz CT molecular complexity index is 1480. The number of aliphatic imine (C=N–C) groups is 1. The van der Waals surface area contributed by atoms with Crippen LogP contribution >= 0.6 is 22.9 Å². The van der Waals surface area contributed by atoms with Crippen molar-refractivity contribution >= 4 is 51.0 Å². The lowest BCUT2D eigenvalue weighted by molar-refractivity contribution is 0.0735. The molecule has 0 fully saturated rings. The van der Waals surface area contributed by atoms with Gasteiger partial charge in [0.2, 0.25) is 0 Å². The fraction of sp³-hybridized carbons (Fsp3) is 0. The molecule has 0 unspecified atom stereocenters. The van der Waals surface area contributed by atoms with Gasteiger partial charge in [0.05, 0.1) is 27.0 Å². The zero-order chi connectivity index (χ0) is 23.5. The van der Waals surface area contributed by atoms with E-state index in [2.05, 4.69) is 9.98 Å². The third kappa shape index (κ3) is 4.83. The number of thiazole rings is 1. The number of esters is 1. The summed E-state index contributed by atoms with van der Waals surface area (Å²) in [6, 6.07) is 26.6. The van der Waals surface area contributed by atoms with E-state index in [0.29, 0.717) is 27.6 Å². The number of aromatic nitrogens is 1. The van der Waals surface area contributed by atoms with Gasteiger partial charge in [0.25, 0.3) is 0 Å². The van der Waals surface area contributed by atoms with E-state index in [9.17, 15) is 9.90 Å². The lowest BCUT2D eigenvalue weighted by atomic mass is 10.2. The molecule has 1 heterocycles. The highest BCUT2D eigenvalue weighted by Gasteiger charge is 2.11. The smallest absolute Gasteiger partial charge is 0.343 e. The second kappa shape index (κ2) is 9.47. The number of rotatable bonds is 5. The maximum Gasteiger partial charge on any atom is 0.343 e. The Morgan fingerprint density at radius 2 is 1.74 bits per heavy atom. The minimum Gasteiger partial charge on any atom is -0.507 e. The number of phenols is 1. The van der Waals surface area contributed by atoms with Crippen molar-refractivity contribution in [2.24, 2.45) is 4.99 Å². The molecule has 1 aromatic heterocycles. The average molecular weight is 485 g/mol. The number of hydrogen-bond acceptors (Lipinski definition) is 6. The first-order chi connectivity index (χ1) is 16.5. The zero-order valence-corrected chi connectivity index (χ0v) is 19.3. The highest BCUT2D eigenvalue weighted by atomic mass is 35.5. The summed E-state index contributed by atoms with van der Waals surface area (Å²) in [5.74, 6) is 0.134. The summed E-state index contributed by atoms with van der Waals surface area (Å²) in [4.78, 5) is 21.4. The van der Waals surface area contributed by atoms with Crippen molar-refractivity contribution < 1.29 is 14.6 Å². The predicted octanol–water partition coefficient (Wildman–Crippen LogP) is 7.29. The van der Waals surface area contributed by atoms with E-state index in [1.54, 1.807) is 54.7 Å². The van der Waals surface area contributed by atoms with Gasteiger partial charge in [-0.2, -0.15) is 0 Å². The molecule has 0 bridgehead atoms. The maximum absolute atomic E-state index is 12.2. The summed E-state index contributed by atoms with van der Waals surface area (Å²) in [6.07, 6.45) is 1.71. The summed E-state index contributed by atoms with van der Waals surface area (Å²) in [6.45, 7) is 0. The van der Waals surface area contributed by atoms with Gasteiger partial charge in [-0.1, -0.05) is 23.7 Å². The van der Waals surface area contributed by atoms with Crippen LogP contribution in [0.1, 0.15) is 15.9 Å². The standard InChI is InChI=1S/C27H17ClN2O3S/c28-19-9-7-18(8-10-19)27(32)33-21-12-5-17(6-13-21)16-29-20-11-14-24(31)22(15-20)26-30-23-3-1-2-4-25(23)34-26/h1-16,31H. The maximum atomic E-state index is 12.2. The lowest BCUT2D eigenvalue weighted by Gasteiger charge is -2.05. The fourth-order valence-electron chi connectivity index (χ4n) is 3.29. The van der Waals surface area contributed by atoms with Crippen LogP contribution in [-0.4, -0.2) is 22.3 Å². The van der Waals surface area contributed by atoms with Gasteiger partial charge < -0.3 is 9.84 Å². The van der Waals surface area contributed by atoms with Crippen molar-refractivity contribution in [3.8, 4) is 22.1 Å². The molecule has 0 saturated carbocycles. The first-order valence-electron chi connectivity index (χ1n) is 10.4. The molecular formula is C27H17ClN2O3S. The Morgan fingerprint density at radius 3 is 2.50 bits per heavy atom. The molecule has 0 aliphatic carbocycles. The largest absolute Gasteiger partial charge is 0.507 e. The van der Waals surface area contributed by atoms with Crippen LogP contribution in [-0.2, 0) is 0 Å². The average Bonchev–Trinajstić information content (AvgIpc) is 3.29. The quantitative estimate of drug-likeness (QED) is 0.161. The molecular weight excluding hydrogens is 468 g/mol. The van der Waals surface area contributed by atoms with Crippen molar-refractivity contribution in [2.75, 3.05) is 0 Å². The van der Waals surface area contributed by atoms with Crippen LogP contribution in [0.15, 0.2) is 96.0 Å². The Hall–Kier alpha value is -4.00. The van der Waals surface area contributed by atoms with Gasteiger partial charge in [-0.15, -0.1) is 11.3 Å². The number of carbonyl (C=O) groups is 1. The number of fused-ring (bicyclic) bond motifs is 1. The zero-order valence-electron chi connectivity index (χ0n) is 17.7. The van der Waals surface area contributed by atoms with E-state index in [1.165, 1.54) is 11.3 Å². The van der Waals surface area contributed by atoms with Gasteiger partial charge >= 0.3 is 5.97 Å². The molecule has 4 aromatic carbocycles. The molecule has 0 aliphatic heterocycles. The lowest BCUT2D eigenvalue weighted by Crippen LogP contribution is -2.08. The fourth-order valence-corrected chi connectivity index (χ4v) is 4.40. The van der Waals surface area contributed by atoms with Gasteiger partial charge in [0.15, 0.2) is 0 Å². The molecule has 5 rings (SSSR count). The normalized spacial score (nSPS) is 11.2. The number of para-hydroxylation sites is 1. The highest BCUT2D eigenvalue weighted by Crippen LogP contribution is 2.37. The molecule has 0 radical (unpaired) electrons. The third-order valence-corrected chi connectivity index (χ3v) is 6.36. The third-order valence-electron chi connectivity index (χ3n) is 5.04. The molecule has 0 aliphatic rings. The second-order valence-corrected chi connectivity index (χ2v) is 8.88. The Labute approximate surface area is 204 Å². The van der Waals surface area contributed by atoms with Crippen LogP contribution in [0.5, 0.6) is 11.5 Å². The highest BCUT2D eigenvalue weighted by molar-refractivity contribution is 7.21. The van der Waals surface area contributed by atoms with Crippen molar-refractivity contribution in [1.29, 1.82) is 0 Å². The molecule has 0 atom stereocenters. The predicted molar refractivity (Wildman–Crippen MR) is 137 cm³/mol. The van der Waals surface area contributed by atoms with E-state index in [1.807, 2.05) is 42.5 Å².